The van der Waals surface area contributed by atoms with Crippen molar-refractivity contribution in [1.29, 1.82) is 0 Å². The monoisotopic (exact) mass is 371 g/mol. The zero-order valence-corrected chi connectivity index (χ0v) is 13.5. The molecule has 0 radical (unpaired) electrons. The third-order valence-corrected chi connectivity index (χ3v) is 4.37. The van der Waals surface area contributed by atoms with Crippen LogP contribution >= 0.6 is 11.8 Å². The second-order valence-corrected chi connectivity index (χ2v) is 6.14. The van der Waals surface area contributed by atoms with Gasteiger partial charge in [-0.05, 0) is 18.2 Å². The van der Waals surface area contributed by atoms with Gasteiger partial charge < -0.3 is 10.2 Å². The molecule has 1 N–H and O–H groups in total. The maximum absolute atomic E-state index is 13.0. The summed E-state index contributed by atoms with van der Waals surface area (Å²) in [5.74, 6) is -0.0940. The van der Waals surface area contributed by atoms with Gasteiger partial charge in [-0.3, -0.25) is 9.59 Å². The predicted octanol–water partition coefficient (Wildman–Crippen LogP) is 1.76. The molecule has 1 aliphatic rings. The van der Waals surface area contributed by atoms with Crippen molar-refractivity contribution >= 4 is 29.3 Å². The van der Waals surface area contributed by atoms with Gasteiger partial charge in [0.1, 0.15) is 19.2 Å². The first-order valence-electron chi connectivity index (χ1n) is 7.06. The molecule has 0 saturated carbocycles. The van der Waals surface area contributed by atoms with E-state index in [1.165, 1.54) is 40.1 Å². The molecular formula is C14H12F3N5O2S. The standard InChI is InChI=1S/C14H12F3N5O2S/c15-14(16,17)9-1-2-11(22-7-18-6-19-22)10(3-9)20-12(23)4-21-8-25-5-13(21)24/h1-3,6-7H,4-5,8H2,(H,20,23). The lowest BCUT2D eigenvalue weighted by Gasteiger charge is -2.17. The lowest BCUT2D eigenvalue weighted by atomic mass is 10.1. The van der Waals surface area contributed by atoms with E-state index in [4.69, 9.17) is 0 Å². The zero-order valence-electron chi connectivity index (χ0n) is 12.7. The van der Waals surface area contributed by atoms with Gasteiger partial charge in [-0.25, -0.2) is 9.67 Å². The molecule has 1 saturated heterocycles. The Hall–Kier alpha value is -2.56. The highest BCUT2D eigenvalue weighted by atomic mass is 32.2. The zero-order chi connectivity index (χ0) is 18.0. The second kappa shape index (κ2) is 6.75. The summed E-state index contributed by atoms with van der Waals surface area (Å²) < 4.78 is 40.1. The van der Waals surface area contributed by atoms with E-state index < -0.39 is 17.6 Å². The largest absolute Gasteiger partial charge is 0.416 e. The Morgan fingerprint density at radius 3 is 2.76 bits per heavy atom. The van der Waals surface area contributed by atoms with Crippen LogP contribution in [-0.4, -0.2) is 49.7 Å². The topological polar surface area (TPSA) is 80.1 Å². The Morgan fingerprint density at radius 1 is 1.36 bits per heavy atom. The van der Waals surface area contributed by atoms with E-state index in [9.17, 15) is 22.8 Å². The van der Waals surface area contributed by atoms with Crippen molar-refractivity contribution in [2.75, 3.05) is 23.5 Å². The predicted molar refractivity (Wildman–Crippen MR) is 84.0 cm³/mol. The van der Waals surface area contributed by atoms with Gasteiger partial charge in [-0.2, -0.15) is 18.3 Å². The highest BCUT2D eigenvalue weighted by Gasteiger charge is 2.31. The number of halogens is 3. The van der Waals surface area contributed by atoms with Crippen LogP contribution in [0.2, 0.25) is 0 Å². The number of thioether (sulfide) groups is 1. The minimum atomic E-state index is -4.55. The maximum atomic E-state index is 13.0. The molecular weight excluding hydrogens is 359 g/mol. The van der Waals surface area contributed by atoms with Crippen LogP contribution in [0, 0.1) is 0 Å². The first kappa shape index (κ1) is 17.3. The van der Waals surface area contributed by atoms with E-state index >= 15 is 0 Å². The minimum absolute atomic E-state index is 0.0652. The summed E-state index contributed by atoms with van der Waals surface area (Å²) in [6.45, 7) is -0.223. The van der Waals surface area contributed by atoms with Crippen molar-refractivity contribution in [3.8, 4) is 5.69 Å². The van der Waals surface area contributed by atoms with Gasteiger partial charge in [0.2, 0.25) is 11.8 Å². The fourth-order valence-electron chi connectivity index (χ4n) is 2.25. The van der Waals surface area contributed by atoms with Gasteiger partial charge in [0.15, 0.2) is 0 Å². The molecule has 2 heterocycles. The summed E-state index contributed by atoms with van der Waals surface area (Å²) >= 11 is 1.37. The van der Waals surface area contributed by atoms with Crippen molar-refractivity contribution in [1.82, 2.24) is 19.7 Å². The normalized spacial score (nSPS) is 14.8. The Balaban J connectivity index is 1.86. The van der Waals surface area contributed by atoms with Gasteiger partial charge in [-0.1, -0.05) is 0 Å². The molecule has 0 bridgehead atoms. The summed E-state index contributed by atoms with van der Waals surface area (Å²) in [4.78, 5) is 28.8. The van der Waals surface area contributed by atoms with Crippen molar-refractivity contribution in [3.05, 3.63) is 36.4 Å². The number of alkyl halides is 3. The third kappa shape index (κ3) is 3.92. The average molecular weight is 371 g/mol. The first-order chi connectivity index (χ1) is 11.8. The summed E-state index contributed by atoms with van der Waals surface area (Å²) in [7, 11) is 0. The van der Waals surface area contributed by atoms with Crippen LogP contribution in [0.5, 0.6) is 0 Å². The van der Waals surface area contributed by atoms with Gasteiger partial charge >= 0.3 is 6.18 Å². The van der Waals surface area contributed by atoms with Crippen LogP contribution in [0.4, 0.5) is 18.9 Å². The maximum Gasteiger partial charge on any atom is 0.416 e. The van der Waals surface area contributed by atoms with E-state index in [2.05, 4.69) is 15.4 Å². The van der Waals surface area contributed by atoms with Crippen LogP contribution in [0.25, 0.3) is 5.69 Å². The van der Waals surface area contributed by atoms with Crippen molar-refractivity contribution in [2.24, 2.45) is 0 Å². The molecule has 0 aliphatic carbocycles. The molecule has 25 heavy (non-hydrogen) atoms. The van der Waals surface area contributed by atoms with E-state index in [1.807, 2.05) is 0 Å². The molecule has 0 atom stereocenters. The van der Waals surface area contributed by atoms with Gasteiger partial charge in [0, 0.05) is 0 Å². The number of carbonyl (C=O) groups is 2. The minimum Gasteiger partial charge on any atom is -0.323 e. The molecule has 132 valence electrons. The number of nitrogens with one attached hydrogen (secondary N) is 1. The van der Waals surface area contributed by atoms with Crippen LogP contribution in [0.1, 0.15) is 5.56 Å². The quantitative estimate of drug-likeness (QED) is 0.886. The van der Waals surface area contributed by atoms with Gasteiger partial charge in [0.05, 0.1) is 28.6 Å². The third-order valence-electron chi connectivity index (χ3n) is 3.42. The average Bonchev–Trinajstić information content (AvgIpc) is 3.19. The number of anilines is 1. The molecule has 0 spiro atoms. The van der Waals surface area contributed by atoms with E-state index in [0.29, 0.717) is 11.6 Å². The van der Waals surface area contributed by atoms with Crippen LogP contribution in [-0.2, 0) is 15.8 Å². The highest BCUT2D eigenvalue weighted by molar-refractivity contribution is 8.00. The summed E-state index contributed by atoms with van der Waals surface area (Å²) in [6, 6.07) is 2.92. The Kier molecular flexibility index (Phi) is 4.66. The van der Waals surface area contributed by atoms with Crippen LogP contribution in [0.3, 0.4) is 0 Å². The SMILES string of the molecule is O=C(CN1CSCC1=O)Nc1cc(C(F)(F)F)ccc1-n1cncn1. The van der Waals surface area contributed by atoms with E-state index in [0.717, 1.165) is 12.1 Å². The first-order valence-corrected chi connectivity index (χ1v) is 8.21. The molecule has 2 amide bonds. The summed E-state index contributed by atoms with van der Waals surface area (Å²) in [5, 5.41) is 6.29. The molecule has 11 heteroatoms. The Labute approximate surface area is 144 Å². The fraction of sp³-hybridized carbons (Fsp3) is 0.286. The second-order valence-electron chi connectivity index (χ2n) is 5.19. The number of hydrogen-bond acceptors (Lipinski definition) is 5. The Morgan fingerprint density at radius 2 is 2.16 bits per heavy atom. The highest BCUT2D eigenvalue weighted by Crippen LogP contribution is 2.33. The number of benzene rings is 1. The molecule has 7 nitrogen and oxygen atoms in total. The smallest absolute Gasteiger partial charge is 0.323 e. The van der Waals surface area contributed by atoms with Crippen molar-refractivity contribution in [3.63, 3.8) is 0 Å². The van der Waals surface area contributed by atoms with Crippen LogP contribution in [0.15, 0.2) is 30.9 Å². The number of aromatic nitrogens is 3. The van der Waals surface area contributed by atoms with Gasteiger partial charge in [-0.15, -0.1) is 11.8 Å². The van der Waals surface area contributed by atoms with E-state index in [-0.39, 0.29) is 23.8 Å². The molecule has 3 rings (SSSR count). The lowest BCUT2D eigenvalue weighted by Crippen LogP contribution is -2.34. The van der Waals surface area contributed by atoms with Gasteiger partial charge in [0.25, 0.3) is 0 Å². The Bertz CT molecular complexity index is 794. The summed E-state index contributed by atoms with van der Waals surface area (Å²) in [5.41, 5.74) is -0.731. The van der Waals surface area contributed by atoms with Crippen molar-refractivity contribution in [2.45, 2.75) is 6.18 Å². The number of hydrogen-bond donors (Lipinski definition) is 1. The molecule has 0 unspecified atom stereocenters. The van der Waals surface area contributed by atoms with Crippen molar-refractivity contribution < 1.29 is 22.8 Å². The fourth-order valence-corrected chi connectivity index (χ4v) is 3.15. The summed E-state index contributed by atoms with van der Waals surface area (Å²) in [6.07, 6.45) is -2.02. The molecule has 1 aromatic heterocycles. The number of nitrogens with zero attached hydrogens (tertiary/aromatic N) is 4. The van der Waals surface area contributed by atoms with Crippen LogP contribution < -0.4 is 5.32 Å². The number of amides is 2. The number of rotatable bonds is 4. The molecule has 1 aliphatic heterocycles. The molecule has 2 aromatic rings. The lowest BCUT2D eigenvalue weighted by molar-refractivity contribution is -0.137. The molecule has 1 fully saturated rings. The molecule has 1 aromatic carbocycles. The van der Waals surface area contributed by atoms with E-state index in [1.54, 1.807) is 0 Å². The number of carbonyl (C=O) groups excluding carboxylic acids is 2.